The van der Waals surface area contributed by atoms with E-state index in [4.69, 9.17) is 0 Å². The standard InChI is InChI=1S/C21H30N4O3S/c1-16-14-18(10-11-19(16)29(4,27)28)15-24-21(22-3)23-12-5-6-13-25-17(2)8-7-9-20(25)26/h7-11,14H,5-6,12-13,15H2,1-4H3,(H2,22,23,24). The summed E-state index contributed by atoms with van der Waals surface area (Å²) < 4.78 is 25.2. The van der Waals surface area contributed by atoms with Crippen molar-refractivity contribution in [1.29, 1.82) is 0 Å². The number of hydrogen-bond acceptors (Lipinski definition) is 4. The van der Waals surface area contributed by atoms with Gasteiger partial charge in [0.15, 0.2) is 15.8 Å². The van der Waals surface area contributed by atoms with Gasteiger partial charge in [-0.3, -0.25) is 9.79 Å². The Hall–Kier alpha value is -2.61. The van der Waals surface area contributed by atoms with Gasteiger partial charge in [-0.05, 0) is 49.9 Å². The van der Waals surface area contributed by atoms with Crippen molar-refractivity contribution in [2.45, 2.75) is 44.7 Å². The van der Waals surface area contributed by atoms with Crippen molar-refractivity contribution in [2.24, 2.45) is 4.99 Å². The molecule has 29 heavy (non-hydrogen) atoms. The van der Waals surface area contributed by atoms with Crippen LogP contribution in [0.4, 0.5) is 0 Å². The molecule has 0 bridgehead atoms. The van der Waals surface area contributed by atoms with Crippen LogP contribution in [0.25, 0.3) is 0 Å². The first-order valence-corrected chi connectivity index (χ1v) is 11.5. The van der Waals surface area contributed by atoms with E-state index in [2.05, 4.69) is 15.6 Å². The normalized spacial score (nSPS) is 12.1. The van der Waals surface area contributed by atoms with E-state index in [-0.39, 0.29) is 5.56 Å². The zero-order chi connectivity index (χ0) is 21.4. The van der Waals surface area contributed by atoms with E-state index >= 15 is 0 Å². The molecule has 0 aliphatic heterocycles. The summed E-state index contributed by atoms with van der Waals surface area (Å²) in [6.45, 7) is 5.73. The van der Waals surface area contributed by atoms with E-state index in [1.807, 2.05) is 25.1 Å². The second kappa shape index (κ2) is 10.2. The molecule has 1 aromatic heterocycles. The van der Waals surface area contributed by atoms with Crippen LogP contribution in [0.5, 0.6) is 0 Å². The number of nitrogens with zero attached hydrogens (tertiary/aromatic N) is 2. The molecule has 158 valence electrons. The Morgan fingerprint density at radius 2 is 1.86 bits per heavy atom. The van der Waals surface area contributed by atoms with Crippen molar-refractivity contribution in [2.75, 3.05) is 19.8 Å². The quantitative estimate of drug-likeness (QED) is 0.389. The number of hydrogen-bond donors (Lipinski definition) is 2. The Morgan fingerprint density at radius 3 is 2.48 bits per heavy atom. The van der Waals surface area contributed by atoms with Crippen molar-refractivity contribution in [3.05, 3.63) is 63.6 Å². The number of rotatable bonds is 8. The van der Waals surface area contributed by atoms with Crippen molar-refractivity contribution >= 4 is 15.8 Å². The van der Waals surface area contributed by atoms with Gasteiger partial charge < -0.3 is 15.2 Å². The molecular formula is C21H30N4O3S. The molecule has 0 fully saturated rings. The molecular weight excluding hydrogens is 388 g/mol. The first-order chi connectivity index (χ1) is 13.7. The summed E-state index contributed by atoms with van der Waals surface area (Å²) in [5.41, 5.74) is 2.73. The Bertz CT molecular complexity index is 1030. The van der Waals surface area contributed by atoms with E-state index in [1.165, 1.54) is 6.26 Å². The van der Waals surface area contributed by atoms with E-state index in [0.717, 1.165) is 36.2 Å². The molecule has 7 nitrogen and oxygen atoms in total. The highest BCUT2D eigenvalue weighted by Crippen LogP contribution is 2.16. The van der Waals surface area contributed by atoms with Crippen LogP contribution in [-0.4, -0.2) is 38.8 Å². The Morgan fingerprint density at radius 1 is 1.10 bits per heavy atom. The molecule has 0 aliphatic carbocycles. The van der Waals surface area contributed by atoms with Crippen LogP contribution in [0.1, 0.15) is 29.7 Å². The lowest BCUT2D eigenvalue weighted by Gasteiger charge is -2.13. The number of nitrogens with one attached hydrogen (secondary N) is 2. The van der Waals surface area contributed by atoms with Gasteiger partial charge in [0.2, 0.25) is 0 Å². The predicted octanol–water partition coefficient (Wildman–Crippen LogP) is 2.01. The molecule has 0 atom stereocenters. The number of aryl methyl sites for hydroxylation is 2. The van der Waals surface area contributed by atoms with Gasteiger partial charge >= 0.3 is 0 Å². The second-order valence-corrected chi connectivity index (χ2v) is 9.07. The third-order valence-corrected chi connectivity index (χ3v) is 5.95. The third kappa shape index (κ3) is 6.74. The van der Waals surface area contributed by atoms with Gasteiger partial charge in [-0.2, -0.15) is 0 Å². The van der Waals surface area contributed by atoms with E-state index < -0.39 is 9.84 Å². The molecule has 0 amide bonds. The zero-order valence-electron chi connectivity index (χ0n) is 17.5. The van der Waals surface area contributed by atoms with Crippen molar-refractivity contribution in [1.82, 2.24) is 15.2 Å². The Kier molecular flexibility index (Phi) is 8.01. The molecule has 0 aliphatic rings. The van der Waals surface area contributed by atoms with Crippen LogP contribution in [0.3, 0.4) is 0 Å². The molecule has 2 aromatic rings. The summed E-state index contributed by atoms with van der Waals surface area (Å²) in [6.07, 6.45) is 3.01. The highest BCUT2D eigenvalue weighted by atomic mass is 32.2. The fourth-order valence-corrected chi connectivity index (χ4v) is 4.11. The lowest BCUT2D eigenvalue weighted by Crippen LogP contribution is -2.37. The highest BCUT2D eigenvalue weighted by Gasteiger charge is 2.11. The summed E-state index contributed by atoms with van der Waals surface area (Å²) in [7, 11) is -1.50. The molecule has 0 spiro atoms. The number of pyridine rings is 1. The second-order valence-electron chi connectivity index (χ2n) is 7.09. The average Bonchev–Trinajstić information content (AvgIpc) is 2.65. The van der Waals surface area contributed by atoms with Gasteiger partial charge in [0.1, 0.15) is 0 Å². The van der Waals surface area contributed by atoms with Gasteiger partial charge in [-0.15, -0.1) is 0 Å². The Balaban J connectivity index is 1.78. The summed E-state index contributed by atoms with van der Waals surface area (Å²) in [5.74, 6) is 0.683. The largest absolute Gasteiger partial charge is 0.356 e. The number of sulfone groups is 1. The zero-order valence-corrected chi connectivity index (χ0v) is 18.3. The molecule has 0 radical (unpaired) electrons. The molecule has 0 saturated carbocycles. The summed E-state index contributed by atoms with van der Waals surface area (Å²) in [5, 5.41) is 6.49. The number of unbranched alkanes of at least 4 members (excludes halogenated alkanes) is 1. The molecule has 0 saturated heterocycles. The fourth-order valence-electron chi connectivity index (χ4n) is 3.16. The van der Waals surface area contributed by atoms with Crippen LogP contribution in [0, 0.1) is 13.8 Å². The number of aliphatic imine (C=N–C) groups is 1. The number of benzene rings is 1. The summed E-state index contributed by atoms with van der Waals surface area (Å²) in [6, 6.07) is 10.6. The predicted molar refractivity (Wildman–Crippen MR) is 117 cm³/mol. The minimum Gasteiger partial charge on any atom is -0.356 e. The SMILES string of the molecule is CN=C(NCCCCn1c(C)cccc1=O)NCc1ccc(S(C)(=O)=O)c(C)c1. The summed E-state index contributed by atoms with van der Waals surface area (Å²) >= 11 is 0. The van der Waals surface area contributed by atoms with E-state index in [9.17, 15) is 13.2 Å². The van der Waals surface area contributed by atoms with Crippen LogP contribution in [-0.2, 0) is 22.9 Å². The molecule has 2 N–H and O–H groups in total. The molecule has 2 rings (SSSR count). The lowest BCUT2D eigenvalue weighted by molar-refractivity contribution is 0.575. The lowest BCUT2D eigenvalue weighted by atomic mass is 10.1. The minimum atomic E-state index is -3.21. The van der Waals surface area contributed by atoms with Gasteiger partial charge in [0.25, 0.3) is 5.56 Å². The number of guanidine groups is 1. The van der Waals surface area contributed by atoms with Crippen molar-refractivity contribution in [3.8, 4) is 0 Å². The van der Waals surface area contributed by atoms with Crippen LogP contribution >= 0.6 is 0 Å². The maximum Gasteiger partial charge on any atom is 0.250 e. The van der Waals surface area contributed by atoms with Crippen LogP contribution in [0.15, 0.2) is 51.1 Å². The molecule has 1 aromatic carbocycles. The number of aromatic nitrogens is 1. The Labute approximate surface area is 172 Å². The average molecular weight is 419 g/mol. The van der Waals surface area contributed by atoms with E-state index in [1.54, 1.807) is 36.7 Å². The molecule has 1 heterocycles. The highest BCUT2D eigenvalue weighted by molar-refractivity contribution is 7.90. The molecule has 0 unspecified atom stereocenters. The van der Waals surface area contributed by atoms with E-state index in [0.29, 0.717) is 23.9 Å². The van der Waals surface area contributed by atoms with Crippen molar-refractivity contribution in [3.63, 3.8) is 0 Å². The van der Waals surface area contributed by atoms with Gasteiger partial charge in [0.05, 0.1) is 4.90 Å². The fraction of sp³-hybridized carbons (Fsp3) is 0.429. The first-order valence-electron chi connectivity index (χ1n) is 9.63. The van der Waals surface area contributed by atoms with Crippen LogP contribution in [0.2, 0.25) is 0 Å². The maximum atomic E-state index is 11.9. The smallest absolute Gasteiger partial charge is 0.250 e. The van der Waals surface area contributed by atoms with Gasteiger partial charge in [-0.25, -0.2) is 8.42 Å². The summed E-state index contributed by atoms with van der Waals surface area (Å²) in [4.78, 5) is 16.4. The van der Waals surface area contributed by atoms with Gasteiger partial charge in [-0.1, -0.05) is 18.2 Å². The monoisotopic (exact) mass is 418 g/mol. The van der Waals surface area contributed by atoms with Crippen LogP contribution < -0.4 is 16.2 Å². The third-order valence-electron chi connectivity index (χ3n) is 4.69. The maximum absolute atomic E-state index is 11.9. The van der Waals surface area contributed by atoms with Crippen molar-refractivity contribution < 1.29 is 8.42 Å². The minimum absolute atomic E-state index is 0.0348. The first kappa shape index (κ1) is 22.7. The molecule has 8 heteroatoms. The van der Waals surface area contributed by atoms with Gasteiger partial charge in [0, 0.05) is 44.7 Å². The topological polar surface area (TPSA) is 92.6 Å².